The highest BCUT2D eigenvalue weighted by atomic mass is 15.0. The molecule has 1 aliphatic heterocycles. The fourth-order valence-electron chi connectivity index (χ4n) is 5.19. The van der Waals surface area contributed by atoms with Crippen molar-refractivity contribution in [1.29, 1.82) is 0 Å². The molecule has 2 nitrogen and oxygen atoms in total. The van der Waals surface area contributed by atoms with Crippen molar-refractivity contribution >= 4 is 0 Å². The zero-order chi connectivity index (χ0) is 13.9. The van der Waals surface area contributed by atoms with Crippen LogP contribution in [0.4, 0.5) is 0 Å². The van der Waals surface area contributed by atoms with E-state index in [2.05, 4.69) is 24.5 Å². The van der Waals surface area contributed by atoms with Gasteiger partial charge in [-0.15, -0.1) is 0 Å². The third-order valence-electron chi connectivity index (χ3n) is 6.29. The minimum absolute atomic E-state index is 0.801. The van der Waals surface area contributed by atoms with E-state index in [-0.39, 0.29) is 0 Å². The van der Waals surface area contributed by atoms with E-state index < -0.39 is 0 Å². The van der Waals surface area contributed by atoms with E-state index in [1.54, 1.807) is 0 Å². The van der Waals surface area contributed by atoms with Gasteiger partial charge in [-0.25, -0.2) is 0 Å². The van der Waals surface area contributed by atoms with Crippen LogP contribution in [-0.2, 0) is 0 Å². The topological polar surface area (TPSA) is 24.1 Å². The molecule has 0 radical (unpaired) electrons. The Labute approximate surface area is 125 Å². The molecule has 0 aromatic heterocycles. The van der Waals surface area contributed by atoms with Gasteiger partial charge in [-0.3, -0.25) is 0 Å². The Balaban J connectivity index is 1.60. The van der Waals surface area contributed by atoms with Crippen LogP contribution in [0, 0.1) is 17.8 Å². The number of rotatable bonds is 4. The summed E-state index contributed by atoms with van der Waals surface area (Å²) < 4.78 is 0. The van der Waals surface area contributed by atoms with Gasteiger partial charge in [-0.2, -0.15) is 0 Å². The second-order valence-corrected chi connectivity index (χ2v) is 7.87. The molecule has 0 aromatic rings. The third-order valence-corrected chi connectivity index (χ3v) is 6.29. The van der Waals surface area contributed by atoms with Crippen LogP contribution in [0.2, 0.25) is 0 Å². The van der Waals surface area contributed by atoms with Crippen molar-refractivity contribution in [3.05, 3.63) is 0 Å². The van der Waals surface area contributed by atoms with Crippen LogP contribution in [0.15, 0.2) is 0 Å². The lowest BCUT2D eigenvalue weighted by Gasteiger charge is -2.39. The van der Waals surface area contributed by atoms with Crippen LogP contribution < -0.4 is 10.6 Å². The van der Waals surface area contributed by atoms with Crippen molar-refractivity contribution in [2.24, 2.45) is 17.8 Å². The molecule has 5 unspecified atom stereocenters. The average Bonchev–Trinajstić information content (AvgIpc) is 3.09. The van der Waals surface area contributed by atoms with Gasteiger partial charge in [0.1, 0.15) is 0 Å². The lowest BCUT2D eigenvalue weighted by Crippen LogP contribution is -2.50. The quantitative estimate of drug-likeness (QED) is 0.819. The lowest BCUT2D eigenvalue weighted by atomic mass is 9.77. The van der Waals surface area contributed by atoms with E-state index in [0.29, 0.717) is 0 Å². The maximum Gasteiger partial charge on any atom is 0.0113 e. The SMILES string of the molecule is CC(C)C1CCCCC1NC1CCCC1C1CCCN1. The summed E-state index contributed by atoms with van der Waals surface area (Å²) in [5.74, 6) is 2.67. The van der Waals surface area contributed by atoms with Crippen LogP contribution in [-0.4, -0.2) is 24.7 Å². The Kier molecular flexibility index (Phi) is 5.04. The molecule has 0 bridgehead atoms. The summed E-state index contributed by atoms with van der Waals surface area (Å²) in [4.78, 5) is 0. The molecule has 2 heteroatoms. The van der Waals surface area contributed by atoms with Gasteiger partial charge in [-0.05, 0) is 62.8 Å². The summed E-state index contributed by atoms with van der Waals surface area (Å²) in [6.45, 7) is 6.11. The summed E-state index contributed by atoms with van der Waals surface area (Å²) in [5.41, 5.74) is 0. The second kappa shape index (κ2) is 6.79. The largest absolute Gasteiger partial charge is 0.314 e. The van der Waals surface area contributed by atoms with Gasteiger partial charge in [-0.1, -0.05) is 33.1 Å². The van der Waals surface area contributed by atoms with Crippen molar-refractivity contribution in [2.75, 3.05) is 6.54 Å². The molecule has 116 valence electrons. The van der Waals surface area contributed by atoms with Gasteiger partial charge in [0, 0.05) is 18.1 Å². The summed E-state index contributed by atoms with van der Waals surface area (Å²) in [5, 5.41) is 7.90. The first-order valence-electron chi connectivity index (χ1n) is 9.25. The standard InChI is InChI=1S/C18H34N2/c1-13(2)14-7-3-4-9-17(14)20-18-10-5-8-15(18)16-11-6-12-19-16/h13-20H,3-12H2,1-2H3. The molecule has 1 heterocycles. The van der Waals surface area contributed by atoms with Crippen molar-refractivity contribution < 1.29 is 0 Å². The number of nitrogens with one attached hydrogen (secondary N) is 2. The molecule has 0 aromatic carbocycles. The maximum absolute atomic E-state index is 4.14. The Morgan fingerprint density at radius 3 is 2.40 bits per heavy atom. The average molecular weight is 278 g/mol. The molecule has 5 atom stereocenters. The van der Waals surface area contributed by atoms with Crippen LogP contribution >= 0.6 is 0 Å². The minimum atomic E-state index is 0.801. The fourth-order valence-corrected chi connectivity index (χ4v) is 5.19. The monoisotopic (exact) mass is 278 g/mol. The predicted molar refractivity (Wildman–Crippen MR) is 85.9 cm³/mol. The summed E-state index contributed by atoms with van der Waals surface area (Å²) in [6.07, 6.45) is 12.9. The predicted octanol–water partition coefficient (Wildman–Crippen LogP) is 3.71. The van der Waals surface area contributed by atoms with Crippen molar-refractivity contribution in [2.45, 2.75) is 89.8 Å². The van der Waals surface area contributed by atoms with Crippen LogP contribution in [0.25, 0.3) is 0 Å². The Morgan fingerprint density at radius 2 is 1.65 bits per heavy atom. The molecule has 20 heavy (non-hydrogen) atoms. The first-order chi connectivity index (χ1) is 9.75. The van der Waals surface area contributed by atoms with E-state index >= 15 is 0 Å². The maximum atomic E-state index is 4.14. The molecule has 3 aliphatic rings. The Morgan fingerprint density at radius 1 is 0.850 bits per heavy atom. The Bertz CT molecular complexity index is 296. The molecular formula is C18H34N2. The van der Waals surface area contributed by atoms with Gasteiger partial charge < -0.3 is 10.6 Å². The molecule has 0 spiro atoms. The van der Waals surface area contributed by atoms with Crippen molar-refractivity contribution in [3.63, 3.8) is 0 Å². The summed E-state index contributed by atoms with van der Waals surface area (Å²) >= 11 is 0. The summed E-state index contributed by atoms with van der Waals surface area (Å²) in [6, 6.07) is 2.42. The minimum Gasteiger partial charge on any atom is -0.314 e. The zero-order valence-corrected chi connectivity index (χ0v) is 13.5. The first kappa shape index (κ1) is 14.8. The fraction of sp³-hybridized carbons (Fsp3) is 1.00. The molecule has 1 saturated heterocycles. The van der Waals surface area contributed by atoms with E-state index in [0.717, 1.165) is 35.9 Å². The normalized spacial score (nSPS) is 42.5. The molecular weight excluding hydrogens is 244 g/mol. The van der Waals surface area contributed by atoms with Crippen molar-refractivity contribution in [3.8, 4) is 0 Å². The Hall–Kier alpha value is -0.0800. The highest BCUT2D eigenvalue weighted by Crippen LogP contribution is 2.35. The van der Waals surface area contributed by atoms with E-state index in [1.165, 1.54) is 64.3 Å². The van der Waals surface area contributed by atoms with Gasteiger partial charge in [0.15, 0.2) is 0 Å². The molecule has 2 saturated carbocycles. The first-order valence-corrected chi connectivity index (χ1v) is 9.25. The van der Waals surface area contributed by atoms with Gasteiger partial charge >= 0.3 is 0 Å². The molecule has 2 aliphatic carbocycles. The van der Waals surface area contributed by atoms with Crippen LogP contribution in [0.1, 0.15) is 71.6 Å². The second-order valence-electron chi connectivity index (χ2n) is 7.87. The summed E-state index contributed by atoms with van der Waals surface area (Å²) in [7, 11) is 0. The van der Waals surface area contributed by atoms with Gasteiger partial charge in [0.05, 0.1) is 0 Å². The number of hydrogen-bond donors (Lipinski definition) is 2. The third kappa shape index (κ3) is 3.22. The smallest absolute Gasteiger partial charge is 0.0113 e. The van der Waals surface area contributed by atoms with Crippen LogP contribution in [0.3, 0.4) is 0 Å². The van der Waals surface area contributed by atoms with E-state index in [9.17, 15) is 0 Å². The van der Waals surface area contributed by atoms with Gasteiger partial charge in [0.2, 0.25) is 0 Å². The van der Waals surface area contributed by atoms with Crippen LogP contribution in [0.5, 0.6) is 0 Å². The molecule has 2 N–H and O–H groups in total. The molecule has 0 amide bonds. The van der Waals surface area contributed by atoms with Gasteiger partial charge in [0.25, 0.3) is 0 Å². The van der Waals surface area contributed by atoms with Crippen molar-refractivity contribution in [1.82, 2.24) is 10.6 Å². The highest BCUT2D eigenvalue weighted by Gasteiger charge is 2.37. The lowest BCUT2D eigenvalue weighted by molar-refractivity contribution is 0.175. The van der Waals surface area contributed by atoms with E-state index in [1.807, 2.05) is 0 Å². The zero-order valence-electron chi connectivity index (χ0n) is 13.5. The molecule has 3 fully saturated rings. The highest BCUT2D eigenvalue weighted by molar-refractivity contribution is 4.96. The molecule has 3 rings (SSSR count). The van der Waals surface area contributed by atoms with E-state index in [4.69, 9.17) is 0 Å². The number of hydrogen-bond acceptors (Lipinski definition) is 2.